The molecule has 0 saturated carbocycles. The Morgan fingerprint density at radius 3 is 2.56 bits per heavy atom. The molecule has 0 amide bonds. The first-order valence-corrected chi connectivity index (χ1v) is 6.17. The second-order valence-corrected chi connectivity index (χ2v) is 4.43. The van der Waals surface area contributed by atoms with Crippen LogP contribution in [-0.2, 0) is 11.3 Å². The first kappa shape index (κ1) is 14.7. The van der Waals surface area contributed by atoms with E-state index in [0.717, 1.165) is 11.3 Å². The van der Waals surface area contributed by atoms with E-state index in [1.165, 1.54) is 0 Å². The Morgan fingerprint density at radius 2 is 2.00 bits per heavy atom. The molecule has 1 rings (SSSR count). The van der Waals surface area contributed by atoms with Gasteiger partial charge in [-0.25, -0.2) is 0 Å². The smallest absolute Gasteiger partial charge is 0.118 e. The van der Waals surface area contributed by atoms with E-state index < -0.39 is 0 Å². The van der Waals surface area contributed by atoms with E-state index in [1.807, 2.05) is 31.2 Å². The number of aliphatic hydroxyl groups excluding tert-OH is 1. The fraction of sp³-hybridized carbons (Fsp3) is 0.467. The molecule has 0 unspecified atom stereocenters. The van der Waals surface area contributed by atoms with E-state index in [2.05, 4.69) is 6.58 Å². The zero-order chi connectivity index (χ0) is 13.4. The summed E-state index contributed by atoms with van der Waals surface area (Å²) in [7, 11) is 1.65. The van der Waals surface area contributed by atoms with Crippen molar-refractivity contribution in [3.8, 4) is 5.75 Å². The predicted octanol–water partition coefficient (Wildman–Crippen LogP) is 2.78. The van der Waals surface area contributed by atoms with Gasteiger partial charge < -0.3 is 14.6 Å². The Morgan fingerprint density at radius 1 is 1.33 bits per heavy atom. The maximum absolute atomic E-state index is 9.72. The maximum Gasteiger partial charge on any atom is 0.118 e. The van der Waals surface area contributed by atoms with Crippen LogP contribution in [0.1, 0.15) is 18.9 Å². The summed E-state index contributed by atoms with van der Waals surface area (Å²) in [5.74, 6) is 0.953. The largest absolute Gasteiger partial charge is 0.497 e. The molecule has 0 aliphatic rings. The average molecular weight is 250 g/mol. The minimum atomic E-state index is -0.377. The molecule has 0 fully saturated rings. The molecule has 3 heteroatoms. The molecule has 18 heavy (non-hydrogen) atoms. The molecule has 0 aliphatic carbocycles. The molecule has 3 nitrogen and oxygen atoms in total. The van der Waals surface area contributed by atoms with Crippen LogP contribution in [0.2, 0.25) is 0 Å². The molecule has 1 N–H and O–H groups in total. The summed E-state index contributed by atoms with van der Waals surface area (Å²) in [6.45, 7) is 6.68. The molecule has 2 atom stereocenters. The van der Waals surface area contributed by atoms with E-state index in [1.54, 1.807) is 13.2 Å². The maximum atomic E-state index is 9.72. The molecule has 0 aliphatic heterocycles. The zero-order valence-electron chi connectivity index (χ0n) is 11.1. The van der Waals surface area contributed by atoms with Crippen LogP contribution in [0, 0.1) is 5.92 Å². The third-order valence-electron chi connectivity index (χ3n) is 2.87. The van der Waals surface area contributed by atoms with Gasteiger partial charge in [0.05, 0.1) is 26.4 Å². The third kappa shape index (κ3) is 4.90. The van der Waals surface area contributed by atoms with Crippen molar-refractivity contribution in [2.75, 3.05) is 13.7 Å². The highest BCUT2D eigenvalue weighted by Gasteiger charge is 2.12. The van der Waals surface area contributed by atoms with Crippen molar-refractivity contribution in [1.29, 1.82) is 0 Å². The standard InChI is InChI=1S/C15H22O3/c1-4-5-15(16)12(2)10-18-11-13-6-8-14(17-3)9-7-13/h4,6-9,12,15-16H,1,5,10-11H2,2-3H3/t12-,15-/m0/s1. The van der Waals surface area contributed by atoms with Crippen molar-refractivity contribution in [1.82, 2.24) is 0 Å². The van der Waals surface area contributed by atoms with Gasteiger partial charge >= 0.3 is 0 Å². The molecule has 0 saturated heterocycles. The zero-order valence-corrected chi connectivity index (χ0v) is 11.1. The van der Waals surface area contributed by atoms with Gasteiger partial charge in [0.2, 0.25) is 0 Å². The van der Waals surface area contributed by atoms with Gasteiger partial charge in [-0.2, -0.15) is 0 Å². The molecule has 1 aromatic carbocycles. The number of methoxy groups -OCH3 is 1. The second-order valence-electron chi connectivity index (χ2n) is 4.43. The summed E-state index contributed by atoms with van der Waals surface area (Å²) in [6, 6.07) is 7.77. The SMILES string of the molecule is C=CC[C@H](O)[C@@H](C)COCc1ccc(OC)cc1. The molecule has 0 bridgehead atoms. The number of rotatable bonds is 8. The van der Waals surface area contributed by atoms with E-state index >= 15 is 0 Å². The summed E-state index contributed by atoms with van der Waals surface area (Å²) in [4.78, 5) is 0. The van der Waals surface area contributed by atoms with Crippen molar-refractivity contribution < 1.29 is 14.6 Å². The molecule has 0 radical (unpaired) electrons. The minimum absolute atomic E-state index is 0.112. The molecule has 0 aromatic heterocycles. The molecular weight excluding hydrogens is 228 g/mol. The normalized spacial score (nSPS) is 13.9. The van der Waals surface area contributed by atoms with Gasteiger partial charge in [-0.15, -0.1) is 6.58 Å². The van der Waals surface area contributed by atoms with Crippen molar-refractivity contribution in [2.45, 2.75) is 26.1 Å². The Bertz CT molecular complexity index is 345. The number of aliphatic hydroxyl groups is 1. The van der Waals surface area contributed by atoms with Crippen LogP contribution in [-0.4, -0.2) is 24.9 Å². The second kappa shape index (κ2) is 7.90. The summed E-state index contributed by atoms with van der Waals surface area (Å²) < 4.78 is 10.7. The molecule has 0 spiro atoms. The van der Waals surface area contributed by atoms with Crippen LogP contribution >= 0.6 is 0 Å². The predicted molar refractivity (Wildman–Crippen MR) is 72.6 cm³/mol. The van der Waals surface area contributed by atoms with Crippen LogP contribution < -0.4 is 4.74 Å². The number of hydrogen-bond donors (Lipinski definition) is 1. The quantitative estimate of drug-likeness (QED) is 0.721. The van der Waals surface area contributed by atoms with Crippen molar-refractivity contribution >= 4 is 0 Å². The van der Waals surface area contributed by atoms with Gasteiger partial charge in [0.1, 0.15) is 5.75 Å². The first-order chi connectivity index (χ1) is 8.67. The molecule has 1 aromatic rings. The van der Waals surface area contributed by atoms with E-state index in [0.29, 0.717) is 19.6 Å². The highest BCUT2D eigenvalue weighted by molar-refractivity contribution is 5.26. The van der Waals surface area contributed by atoms with Gasteiger partial charge in [0, 0.05) is 5.92 Å². The van der Waals surface area contributed by atoms with Gasteiger partial charge in [-0.1, -0.05) is 25.1 Å². The van der Waals surface area contributed by atoms with Gasteiger partial charge in [0.15, 0.2) is 0 Å². The van der Waals surface area contributed by atoms with Crippen LogP contribution in [0.4, 0.5) is 0 Å². The number of benzene rings is 1. The topological polar surface area (TPSA) is 38.7 Å². The Hall–Kier alpha value is -1.32. The highest BCUT2D eigenvalue weighted by Crippen LogP contribution is 2.13. The summed E-state index contributed by atoms with van der Waals surface area (Å²) in [6.07, 6.45) is 1.95. The minimum Gasteiger partial charge on any atom is -0.497 e. The van der Waals surface area contributed by atoms with E-state index in [-0.39, 0.29) is 12.0 Å². The Kier molecular flexibility index (Phi) is 6.47. The number of ether oxygens (including phenoxy) is 2. The summed E-state index contributed by atoms with van der Waals surface area (Å²) >= 11 is 0. The van der Waals surface area contributed by atoms with E-state index in [9.17, 15) is 5.11 Å². The van der Waals surface area contributed by atoms with Gasteiger partial charge in [0.25, 0.3) is 0 Å². The van der Waals surface area contributed by atoms with Crippen LogP contribution in [0.25, 0.3) is 0 Å². The molecular formula is C15H22O3. The number of hydrogen-bond acceptors (Lipinski definition) is 3. The van der Waals surface area contributed by atoms with Crippen LogP contribution in [0.3, 0.4) is 0 Å². The Balaban J connectivity index is 2.30. The van der Waals surface area contributed by atoms with Gasteiger partial charge in [-0.3, -0.25) is 0 Å². The third-order valence-corrected chi connectivity index (χ3v) is 2.87. The van der Waals surface area contributed by atoms with Crippen LogP contribution in [0.5, 0.6) is 5.75 Å². The lowest BCUT2D eigenvalue weighted by atomic mass is 10.0. The van der Waals surface area contributed by atoms with Crippen molar-refractivity contribution in [3.05, 3.63) is 42.5 Å². The summed E-state index contributed by atoms with van der Waals surface area (Å²) in [5, 5.41) is 9.72. The average Bonchev–Trinajstić information content (AvgIpc) is 2.39. The van der Waals surface area contributed by atoms with E-state index in [4.69, 9.17) is 9.47 Å². The summed E-state index contributed by atoms with van der Waals surface area (Å²) in [5.41, 5.74) is 1.10. The van der Waals surface area contributed by atoms with Crippen molar-refractivity contribution in [3.63, 3.8) is 0 Å². The van der Waals surface area contributed by atoms with Crippen LogP contribution in [0.15, 0.2) is 36.9 Å². The lowest BCUT2D eigenvalue weighted by Gasteiger charge is -2.17. The fourth-order valence-corrected chi connectivity index (χ4v) is 1.60. The van der Waals surface area contributed by atoms with Crippen molar-refractivity contribution in [2.24, 2.45) is 5.92 Å². The molecule has 100 valence electrons. The lowest BCUT2D eigenvalue weighted by molar-refractivity contribution is 0.0303. The lowest BCUT2D eigenvalue weighted by Crippen LogP contribution is -2.21. The first-order valence-electron chi connectivity index (χ1n) is 6.17. The van der Waals surface area contributed by atoms with Gasteiger partial charge in [-0.05, 0) is 24.1 Å². The highest BCUT2D eigenvalue weighted by atomic mass is 16.5. The Labute approximate surface area is 109 Å². The monoisotopic (exact) mass is 250 g/mol. The fourth-order valence-electron chi connectivity index (χ4n) is 1.60. The molecule has 0 heterocycles.